The van der Waals surface area contributed by atoms with Gasteiger partial charge < -0.3 is 10.2 Å². The van der Waals surface area contributed by atoms with Crippen LogP contribution in [0.15, 0.2) is 29.2 Å². The van der Waals surface area contributed by atoms with Gasteiger partial charge in [0.1, 0.15) is 0 Å². The number of rotatable bonds is 6. The van der Waals surface area contributed by atoms with E-state index in [0.29, 0.717) is 25.2 Å². The number of nitrogens with one attached hydrogen (secondary N) is 1. The third kappa shape index (κ3) is 4.63. The van der Waals surface area contributed by atoms with Gasteiger partial charge in [-0.15, -0.1) is 0 Å². The number of nitrogens with zero attached hydrogens (tertiary/aromatic N) is 1. The average molecular weight is 381 g/mol. The van der Waals surface area contributed by atoms with Gasteiger partial charge in [-0.05, 0) is 57.4 Å². The van der Waals surface area contributed by atoms with Crippen LogP contribution in [0.1, 0.15) is 50.4 Å². The summed E-state index contributed by atoms with van der Waals surface area (Å²) in [6, 6.07) is 6.08. The summed E-state index contributed by atoms with van der Waals surface area (Å²) in [5.74, 6) is -0.339. The van der Waals surface area contributed by atoms with Crippen LogP contribution in [0, 0.1) is 5.92 Å². The first-order valence-corrected chi connectivity index (χ1v) is 10.7. The van der Waals surface area contributed by atoms with Gasteiger partial charge in [0, 0.05) is 25.2 Å². The largest absolute Gasteiger partial charge is 0.356 e. The summed E-state index contributed by atoms with van der Waals surface area (Å²) in [6.07, 6.45) is 2.45. The summed E-state index contributed by atoms with van der Waals surface area (Å²) >= 11 is 0. The van der Waals surface area contributed by atoms with Crippen LogP contribution in [0.25, 0.3) is 0 Å². The second-order valence-corrected chi connectivity index (χ2v) is 9.50. The van der Waals surface area contributed by atoms with Crippen LogP contribution in [0.2, 0.25) is 0 Å². The Morgan fingerprint density at radius 1 is 1.23 bits per heavy atom. The van der Waals surface area contributed by atoms with Gasteiger partial charge >= 0.3 is 0 Å². The Hall–Kier alpha value is -1.89. The maximum atomic E-state index is 12.7. The van der Waals surface area contributed by atoms with Gasteiger partial charge in [0.05, 0.1) is 16.1 Å². The molecule has 7 heteroatoms. The standard InChI is InChI=1S/C19H28N2O4S/c1-4-11-20-18(22)16-6-5-12-21(13-16)19(23)15-7-9-17(10-8-15)26(24,25)14(2)3/h7-10,14,16H,4-6,11-13H2,1-3H3,(H,20,22). The normalized spacial score (nSPS) is 18.0. The predicted molar refractivity (Wildman–Crippen MR) is 101 cm³/mol. The van der Waals surface area contributed by atoms with Crippen molar-refractivity contribution in [1.82, 2.24) is 10.2 Å². The van der Waals surface area contributed by atoms with Crippen LogP contribution in [0.5, 0.6) is 0 Å². The second kappa shape index (κ2) is 8.66. The van der Waals surface area contributed by atoms with Crippen LogP contribution in [0.4, 0.5) is 0 Å². The zero-order valence-electron chi connectivity index (χ0n) is 15.7. The molecule has 0 aromatic heterocycles. The zero-order chi connectivity index (χ0) is 19.3. The Bertz CT molecular complexity index is 741. The van der Waals surface area contributed by atoms with Crippen molar-refractivity contribution in [1.29, 1.82) is 0 Å². The average Bonchev–Trinajstić information content (AvgIpc) is 2.65. The Balaban J connectivity index is 2.07. The minimum Gasteiger partial charge on any atom is -0.356 e. The van der Waals surface area contributed by atoms with E-state index >= 15 is 0 Å². The summed E-state index contributed by atoms with van der Waals surface area (Å²) < 4.78 is 24.4. The Morgan fingerprint density at radius 3 is 2.46 bits per heavy atom. The highest BCUT2D eigenvalue weighted by atomic mass is 32.2. The van der Waals surface area contributed by atoms with Crippen LogP contribution < -0.4 is 5.32 Å². The molecule has 0 spiro atoms. The highest BCUT2D eigenvalue weighted by Gasteiger charge is 2.29. The number of carbonyl (C=O) groups excluding carboxylic acids is 2. The second-order valence-electron chi connectivity index (χ2n) is 7.00. The van der Waals surface area contributed by atoms with E-state index in [1.54, 1.807) is 30.9 Å². The van der Waals surface area contributed by atoms with E-state index in [4.69, 9.17) is 0 Å². The lowest BCUT2D eigenvalue weighted by molar-refractivity contribution is -0.126. The van der Waals surface area contributed by atoms with Crippen LogP contribution in [-0.2, 0) is 14.6 Å². The number of amides is 2. The van der Waals surface area contributed by atoms with Crippen molar-refractivity contribution in [2.45, 2.75) is 50.2 Å². The van der Waals surface area contributed by atoms with Crippen LogP contribution in [0.3, 0.4) is 0 Å². The Kier molecular flexibility index (Phi) is 6.81. The van der Waals surface area contributed by atoms with E-state index in [1.165, 1.54) is 12.1 Å². The van der Waals surface area contributed by atoms with Crippen molar-refractivity contribution < 1.29 is 18.0 Å². The first-order valence-electron chi connectivity index (χ1n) is 9.18. The number of carbonyl (C=O) groups is 2. The molecule has 26 heavy (non-hydrogen) atoms. The number of benzene rings is 1. The molecule has 0 bridgehead atoms. The predicted octanol–water partition coefficient (Wildman–Crippen LogP) is 2.25. The fourth-order valence-corrected chi connectivity index (χ4v) is 4.07. The lowest BCUT2D eigenvalue weighted by Crippen LogP contribution is -2.45. The van der Waals surface area contributed by atoms with Gasteiger partial charge in [-0.3, -0.25) is 9.59 Å². The number of likely N-dealkylation sites (tertiary alicyclic amines) is 1. The molecule has 1 aliphatic heterocycles. The van der Waals surface area contributed by atoms with E-state index in [2.05, 4.69) is 5.32 Å². The number of hydrogen-bond donors (Lipinski definition) is 1. The van der Waals surface area contributed by atoms with Gasteiger partial charge in [0.25, 0.3) is 5.91 Å². The highest BCUT2D eigenvalue weighted by molar-refractivity contribution is 7.92. The van der Waals surface area contributed by atoms with Gasteiger partial charge in [-0.1, -0.05) is 6.92 Å². The van der Waals surface area contributed by atoms with E-state index in [0.717, 1.165) is 19.3 Å². The minimum atomic E-state index is -3.35. The van der Waals surface area contributed by atoms with E-state index in [1.807, 2.05) is 6.92 Å². The highest BCUT2D eigenvalue weighted by Crippen LogP contribution is 2.21. The van der Waals surface area contributed by atoms with Crippen molar-refractivity contribution in [2.75, 3.05) is 19.6 Å². The molecule has 1 N–H and O–H groups in total. The van der Waals surface area contributed by atoms with Crippen LogP contribution >= 0.6 is 0 Å². The number of piperidine rings is 1. The monoisotopic (exact) mass is 380 g/mol. The number of sulfone groups is 1. The van der Waals surface area contributed by atoms with Crippen molar-refractivity contribution in [3.63, 3.8) is 0 Å². The van der Waals surface area contributed by atoms with Crippen molar-refractivity contribution >= 4 is 21.7 Å². The fourth-order valence-electron chi connectivity index (χ4n) is 3.01. The molecule has 1 heterocycles. The molecule has 1 fully saturated rings. The third-order valence-electron chi connectivity index (χ3n) is 4.68. The molecule has 1 aliphatic rings. The van der Waals surface area contributed by atoms with Gasteiger partial charge in [-0.2, -0.15) is 0 Å². The molecule has 6 nitrogen and oxygen atoms in total. The first-order chi connectivity index (χ1) is 12.3. The van der Waals surface area contributed by atoms with Gasteiger partial charge in [0.15, 0.2) is 9.84 Å². The van der Waals surface area contributed by atoms with Crippen LogP contribution in [-0.4, -0.2) is 50.0 Å². The molecular weight excluding hydrogens is 352 g/mol. The molecular formula is C19H28N2O4S. The van der Waals surface area contributed by atoms with Crippen molar-refractivity contribution in [2.24, 2.45) is 5.92 Å². The van der Waals surface area contributed by atoms with E-state index < -0.39 is 15.1 Å². The summed E-state index contributed by atoms with van der Waals surface area (Å²) in [4.78, 5) is 26.8. The summed E-state index contributed by atoms with van der Waals surface area (Å²) in [5.41, 5.74) is 0.447. The fraction of sp³-hybridized carbons (Fsp3) is 0.579. The maximum Gasteiger partial charge on any atom is 0.253 e. The van der Waals surface area contributed by atoms with Gasteiger partial charge in [0.2, 0.25) is 5.91 Å². The molecule has 1 saturated heterocycles. The molecule has 1 unspecified atom stereocenters. The first kappa shape index (κ1) is 20.4. The lowest BCUT2D eigenvalue weighted by Gasteiger charge is -2.32. The molecule has 0 saturated carbocycles. The quantitative estimate of drug-likeness (QED) is 0.820. The van der Waals surface area contributed by atoms with Crippen molar-refractivity contribution in [3.05, 3.63) is 29.8 Å². The number of hydrogen-bond acceptors (Lipinski definition) is 4. The SMILES string of the molecule is CCCNC(=O)C1CCCN(C(=O)c2ccc(S(=O)(=O)C(C)C)cc2)C1. The Morgan fingerprint density at radius 2 is 1.88 bits per heavy atom. The smallest absolute Gasteiger partial charge is 0.253 e. The summed E-state index contributed by atoms with van der Waals surface area (Å²) in [6.45, 7) is 6.93. The summed E-state index contributed by atoms with van der Waals surface area (Å²) in [5, 5.41) is 2.39. The molecule has 0 aliphatic carbocycles. The van der Waals surface area contributed by atoms with E-state index in [-0.39, 0.29) is 22.6 Å². The molecule has 1 atom stereocenters. The zero-order valence-corrected chi connectivity index (χ0v) is 16.5. The van der Waals surface area contributed by atoms with Gasteiger partial charge in [-0.25, -0.2) is 8.42 Å². The maximum absolute atomic E-state index is 12.7. The van der Waals surface area contributed by atoms with Crippen molar-refractivity contribution in [3.8, 4) is 0 Å². The molecule has 1 aromatic rings. The third-order valence-corrected chi connectivity index (χ3v) is 6.85. The molecule has 2 amide bonds. The topological polar surface area (TPSA) is 83.6 Å². The summed E-state index contributed by atoms with van der Waals surface area (Å²) in [7, 11) is -3.35. The molecule has 2 rings (SSSR count). The molecule has 1 aromatic carbocycles. The molecule has 0 radical (unpaired) electrons. The van der Waals surface area contributed by atoms with E-state index in [9.17, 15) is 18.0 Å². The minimum absolute atomic E-state index is 0.00252. The Labute approximate surface area is 155 Å². The lowest BCUT2D eigenvalue weighted by atomic mass is 9.96. The molecule has 144 valence electrons.